The molecule has 0 heterocycles. The lowest BCUT2D eigenvalue weighted by atomic mass is 9.54. The minimum Gasteiger partial charge on any atom is -0.508 e. The number of nitrogens with two attached hydrogens (primary N) is 1. The number of hydrogen-bond acceptors (Lipinski definition) is 9. The molecule has 0 radical (unpaired) electrons. The van der Waals surface area contributed by atoms with Gasteiger partial charge in [-0.25, -0.2) is 0 Å². The van der Waals surface area contributed by atoms with E-state index in [1.165, 1.54) is 44.1 Å². The van der Waals surface area contributed by atoms with Crippen molar-refractivity contribution in [3.63, 3.8) is 0 Å². The first-order valence-electron chi connectivity index (χ1n) is 9.97. The van der Waals surface area contributed by atoms with Crippen LogP contribution in [0.1, 0.15) is 24.5 Å². The van der Waals surface area contributed by atoms with Gasteiger partial charge in [-0.15, -0.1) is 0 Å². The summed E-state index contributed by atoms with van der Waals surface area (Å²) in [6, 6.07) is 3.02. The van der Waals surface area contributed by atoms with Crippen molar-refractivity contribution in [3.8, 4) is 5.75 Å². The Labute approximate surface area is 182 Å². The van der Waals surface area contributed by atoms with E-state index in [0.29, 0.717) is 0 Å². The maximum atomic E-state index is 13.7. The maximum absolute atomic E-state index is 13.7. The number of ketones is 2. The fourth-order valence-electron chi connectivity index (χ4n) is 5.50. The van der Waals surface area contributed by atoms with Crippen LogP contribution in [0.4, 0.5) is 0 Å². The highest BCUT2D eigenvalue weighted by molar-refractivity contribution is 6.24. The number of rotatable bonds is 2. The number of aromatic hydroxyl groups is 1. The van der Waals surface area contributed by atoms with Crippen molar-refractivity contribution in [2.24, 2.45) is 17.6 Å². The van der Waals surface area contributed by atoms with Crippen molar-refractivity contribution in [3.05, 3.63) is 46.2 Å². The molecule has 32 heavy (non-hydrogen) atoms. The van der Waals surface area contributed by atoms with Crippen LogP contribution >= 0.6 is 0 Å². The number of primary amides is 1. The summed E-state index contributed by atoms with van der Waals surface area (Å²) in [7, 11) is 3.01. The molecule has 1 saturated carbocycles. The van der Waals surface area contributed by atoms with Gasteiger partial charge in [0.1, 0.15) is 22.8 Å². The Morgan fingerprint density at radius 1 is 1.16 bits per heavy atom. The number of carbonyl (C=O) groups excluding carboxylic acids is 3. The third-order valence-electron chi connectivity index (χ3n) is 7.02. The van der Waals surface area contributed by atoms with E-state index in [-0.39, 0.29) is 17.5 Å². The highest BCUT2D eigenvalue weighted by atomic mass is 16.3. The van der Waals surface area contributed by atoms with E-state index in [1.807, 2.05) is 0 Å². The first kappa shape index (κ1) is 22.0. The van der Waals surface area contributed by atoms with Crippen molar-refractivity contribution >= 4 is 23.2 Å². The topological polar surface area (TPSA) is 182 Å². The number of benzene rings is 1. The summed E-state index contributed by atoms with van der Waals surface area (Å²) in [4.78, 5) is 40.0. The van der Waals surface area contributed by atoms with Gasteiger partial charge in [-0.1, -0.05) is 12.1 Å². The first-order valence-corrected chi connectivity index (χ1v) is 9.97. The Morgan fingerprint density at radius 2 is 1.78 bits per heavy atom. The predicted octanol–water partition coefficient (Wildman–Crippen LogP) is -0.371. The number of phenols is 1. The smallest absolute Gasteiger partial charge is 0.255 e. The Balaban J connectivity index is 2.05. The molecule has 0 aromatic heterocycles. The molecule has 3 aliphatic carbocycles. The zero-order chi connectivity index (χ0) is 23.9. The molecule has 5 atom stereocenters. The van der Waals surface area contributed by atoms with Crippen molar-refractivity contribution in [1.82, 2.24) is 4.90 Å². The van der Waals surface area contributed by atoms with Gasteiger partial charge < -0.3 is 31.3 Å². The number of Topliss-reactive ketones (excluding diaryl/α,β-unsaturated/α-hetero) is 2. The van der Waals surface area contributed by atoms with Crippen LogP contribution in [0.15, 0.2) is 35.1 Å². The van der Waals surface area contributed by atoms with Gasteiger partial charge in [0.25, 0.3) is 5.91 Å². The van der Waals surface area contributed by atoms with Crippen molar-refractivity contribution in [2.45, 2.75) is 30.6 Å². The molecule has 10 nitrogen and oxygen atoms in total. The third kappa shape index (κ3) is 2.48. The summed E-state index contributed by atoms with van der Waals surface area (Å²) in [6.07, 6.45) is -0.200. The predicted molar refractivity (Wildman–Crippen MR) is 110 cm³/mol. The number of amides is 1. The summed E-state index contributed by atoms with van der Waals surface area (Å²) < 4.78 is 0. The Kier molecular flexibility index (Phi) is 4.57. The van der Waals surface area contributed by atoms with Crippen LogP contribution < -0.4 is 5.73 Å². The largest absolute Gasteiger partial charge is 0.508 e. The minimum absolute atomic E-state index is 0.170. The Morgan fingerprint density at radius 3 is 2.34 bits per heavy atom. The summed E-state index contributed by atoms with van der Waals surface area (Å²) in [5, 5.41) is 54.9. The summed E-state index contributed by atoms with van der Waals surface area (Å²) in [6.45, 7) is 1.40. The van der Waals surface area contributed by atoms with E-state index < -0.39 is 75.0 Å². The van der Waals surface area contributed by atoms with Crippen LogP contribution in [-0.4, -0.2) is 73.6 Å². The molecule has 10 heteroatoms. The van der Waals surface area contributed by atoms with Crippen molar-refractivity contribution in [1.29, 1.82) is 0 Å². The van der Waals surface area contributed by atoms with Gasteiger partial charge in [0.05, 0.1) is 17.2 Å². The summed E-state index contributed by atoms with van der Waals surface area (Å²) in [5.74, 6) is -7.90. The Hall–Kier alpha value is -3.21. The second kappa shape index (κ2) is 6.64. The molecule has 4 rings (SSSR count). The highest BCUT2D eigenvalue weighted by Crippen LogP contribution is 2.57. The lowest BCUT2D eigenvalue weighted by Crippen LogP contribution is -2.67. The molecule has 7 N–H and O–H groups in total. The van der Waals surface area contributed by atoms with Crippen LogP contribution in [0.2, 0.25) is 0 Å². The molecule has 170 valence electrons. The van der Waals surface area contributed by atoms with E-state index >= 15 is 0 Å². The van der Waals surface area contributed by atoms with Gasteiger partial charge >= 0.3 is 0 Å². The fourth-order valence-corrected chi connectivity index (χ4v) is 5.50. The molecule has 1 amide bonds. The van der Waals surface area contributed by atoms with Crippen LogP contribution in [0.3, 0.4) is 0 Å². The average Bonchev–Trinajstić information content (AvgIpc) is 2.68. The van der Waals surface area contributed by atoms with E-state index in [1.54, 1.807) is 0 Å². The third-order valence-corrected chi connectivity index (χ3v) is 7.02. The second-order valence-electron chi connectivity index (χ2n) is 8.96. The number of carbonyl (C=O) groups is 3. The average molecular weight is 444 g/mol. The number of fused-ring (bicyclic) bond motifs is 3. The number of aliphatic hydroxyl groups is 4. The number of nitrogens with zero attached hydrogens (tertiary/aromatic N) is 1. The lowest BCUT2D eigenvalue weighted by Gasteiger charge is -2.53. The molecule has 0 spiro atoms. The zero-order valence-electron chi connectivity index (χ0n) is 17.7. The van der Waals surface area contributed by atoms with Gasteiger partial charge in [0.15, 0.2) is 11.4 Å². The van der Waals surface area contributed by atoms with Gasteiger partial charge in [0.2, 0.25) is 5.78 Å². The molecule has 0 aliphatic heterocycles. The van der Waals surface area contributed by atoms with Crippen LogP contribution in [0.5, 0.6) is 5.75 Å². The molecular formula is C22H24N2O8. The van der Waals surface area contributed by atoms with Crippen molar-refractivity contribution < 1.29 is 39.9 Å². The standard InChI is InChI=1S/C22H24N2O8/c1-21(31)8-5-4-6-11(25)12(8)16(26)13-9(21)7-10-15(24(2)3)17(27)14(20(23)30)19(29)22(10,32)18(13)28/h4-6,9-10,15,25-26,29,31-32H,7H2,1-3H3,(H2,23,30)/t9?,10-,15-,21+,22-/m1/s1. The number of aliphatic hydroxyl groups excluding tert-OH is 2. The second-order valence-corrected chi connectivity index (χ2v) is 8.96. The normalized spacial score (nSPS) is 34.4. The molecule has 3 aliphatic rings. The molecule has 0 saturated heterocycles. The molecule has 0 bridgehead atoms. The molecular weight excluding hydrogens is 420 g/mol. The molecule has 1 aromatic carbocycles. The van der Waals surface area contributed by atoms with E-state index in [9.17, 15) is 39.9 Å². The van der Waals surface area contributed by atoms with E-state index in [0.717, 1.165) is 0 Å². The quantitative estimate of drug-likeness (QED) is 0.332. The first-order chi connectivity index (χ1) is 14.8. The van der Waals surface area contributed by atoms with Crippen LogP contribution in [-0.2, 0) is 20.0 Å². The zero-order valence-corrected chi connectivity index (χ0v) is 17.7. The Bertz CT molecular complexity index is 1150. The summed E-state index contributed by atoms with van der Waals surface area (Å²) >= 11 is 0. The van der Waals surface area contributed by atoms with Gasteiger partial charge in [-0.3, -0.25) is 19.3 Å². The van der Waals surface area contributed by atoms with Crippen LogP contribution in [0.25, 0.3) is 5.76 Å². The monoisotopic (exact) mass is 444 g/mol. The molecule has 1 unspecified atom stereocenters. The van der Waals surface area contributed by atoms with Crippen LogP contribution in [0, 0.1) is 11.8 Å². The van der Waals surface area contributed by atoms with Gasteiger partial charge in [-0.05, 0) is 39.1 Å². The fraction of sp³-hybridized carbons (Fsp3) is 0.409. The minimum atomic E-state index is -2.75. The number of hydrogen-bond donors (Lipinski definition) is 6. The van der Waals surface area contributed by atoms with E-state index in [4.69, 9.17) is 5.73 Å². The van der Waals surface area contributed by atoms with Gasteiger partial charge in [-0.2, -0.15) is 0 Å². The number of likely N-dealkylation sites (N-methyl/N-ethyl adjacent to an activating group) is 1. The SMILES string of the molecule is CN(C)[C@H]1C(=O)C(C(N)=O)=C(O)[C@]2(O)C(=O)C3=C(O)c4c(O)cccc4[C@](C)(O)C3C[C@H]12. The highest BCUT2D eigenvalue weighted by Gasteiger charge is 2.66. The number of phenolic OH excluding ortho intramolecular Hbond substituents is 1. The molecule has 1 fully saturated rings. The van der Waals surface area contributed by atoms with E-state index in [2.05, 4.69) is 0 Å². The summed E-state index contributed by atoms with van der Waals surface area (Å²) in [5.41, 5.74) is -0.548. The molecule has 1 aromatic rings. The van der Waals surface area contributed by atoms with Crippen molar-refractivity contribution in [2.75, 3.05) is 14.1 Å². The van der Waals surface area contributed by atoms with Gasteiger partial charge in [0, 0.05) is 17.4 Å². The lowest BCUT2D eigenvalue weighted by molar-refractivity contribution is -0.159. The maximum Gasteiger partial charge on any atom is 0.255 e.